The largest absolute Gasteiger partial charge is 0.339 e. The van der Waals surface area contributed by atoms with Gasteiger partial charge in [0.15, 0.2) is 11.6 Å². The van der Waals surface area contributed by atoms with Crippen molar-refractivity contribution in [1.29, 1.82) is 0 Å². The Balaban J connectivity index is 2.65. The van der Waals surface area contributed by atoms with Gasteiger partial charge in [-0.1, -0.05) is 23.2 Å². The Morgan fingerprint density at radius 3 is 2.76 bits per heavy atom. The Labute approximate surface area is 104 Å². The fourth-order valence-corrected chi connectivity index (χ4v) is 2.12. The first-order valence-electron chi connectivity index (χ1n) is 4.60. The number of fused-ring (bicyclic) bond motifs is 3. The van der Waals surface area contributed by atoms with Crippen LogP contribution in [0.3, 0.4) is 0 Å². The van der Waals surface area contributed by atoms with Gasteiger partial charge in [0.25, 0.3) is 0 Å². The van der Waals surface area contributed by atoms with E-state index >= 15 is 0 Å². The fraction of sp³-hybridized carbons (Fsp3) is 0. The summed E-state index contributed by atoms with van der Waals surface area (Å²) in [5, 5.41) is 0.604. The van der Waals surface area contributed by atoms with Gasteiger partial charge in [0.05, 0.1) is 15.6 Å². The molecule has 0 aliphatic rings. The number of hydrogen-bond donors (Lipinski definition) is 1. The molecule has 0 aliphatic carbocycles. The first-order valence-corrected chi connectivity index (χ1v) is 5.36. The molecular weight excluding hydrogens is 269 g/mol. The lowest BCUT2D eigenvalue weighted by Crippen LogP contribution is -1.84. The second kappa shape index (κ2) is 3.55. The highest BCUT2D eigenvalue weighted by Crippen LogP contribution is 2.36. The molecule has 85 valence electrons. The van der Waals surface area contributed by atoms with Crippen molar-refractivity contribution in [2.24, 2.45) is 0 Å². The molecule has 3 aromatic rings. The van der Waals surface area contributed by atoms with E-state index in [-0.39, 0.29) is 20.8 Å². The van der Waals surface area contributed by atoms with E-state index in [4.69, 9.17) is 23.2 Å². The second-order valence-corrected chi connectivity index (χ2v) is 4.25. The van der Waals surface area contributed by atoms with E-state index in [1.165, 1.54) is 6.20 Å². The highest BCUT2D eigenvalue weighted by atomic mass is 35.5. The number of rotatable bonds is 0. The van der Waals surface area contributed by atoms with Crippen LogP contribution in [-0.4, -0.2) is 9.97 Å². The zero-order chi connectivity index (χ0) is 12.2. The quantitative estimate of drug-likeness (QED) is 0.655. The van der Waals surface area contributed by atoms with Crippen LogP contribution in [0.1, 0.15) is 0 Å². The second-order valence-electron chi connectivity index (χ2n) is 3.47. The van der Waals surface area contributed by atoms with Crippen molar-refractivity contribution in [3.63, 3.8) is 0 Å². The summed E-state index contributed by atoms with van der Waals surface area (Å²) < 4.78 is 26.9. The molecule has 0 saturated heterocycles. The molecule has 0 unspecified atom stereocenters. The summed E-state index contributed by atoms with van der Waals surface area (Å²) in [7, 11) is 0. The van der Waals surface area contributed by atoms with Crippen molar-refractivity contribution in [2.75, 3.05) is 0 Å². The van der Waals surface area contributed by atoms with Crippen molar-refractivity contribution in [2.45, 2.75) is 0 Å². The van der Waals surface area contributed by atoms with Crippen LogP contribution in [-0.2, 0) is 0 Å². The summed E-state index contributed by atoms with van der Waals surface area (Å²) in [6, 6.07) is 3.50. The van der Waals surface area contributed by atoms with Crippen molar-refractivity contribution in [3.8, 4) is 0 Å². The van der Waals surface area contributed by atoms with Crippen LogP contribution in [0.2, 0.25) is 10.0 Å². The molecule has 0 saturated carbocycles. The molecule has 1 aromatic carbocycles. The normalized spacial score (nSPS) is 11.5. The molecule has 0 spiro atoms. The number of H-pyrrole nitrogens is 1. The fourth-order valence-electron chi connectivity index (χ4n) is 1.74. The molecule has 0 aliphatic heterocycles. The van der Waals surface area contributed by atoms with Crippen LogP contribution in [0, 0.1) is 17.7 Å². The number of halogens is 4. The molecular formula is C11H3Cl2F2N2. The van der Waals surface area contributed by atoms with Gasteiger partial charge in [-0.3, -0.25) is 0 Å². The number of aromatic amines is 1. The van der Waals surface area contributed by atoms with Gasteiger partial charge in [0.1, 0.15) is 5.65 Å². The smallest absolute Gasteiger partial charge is 0.168 e. The Kier molecular flexibility index (Phi) is 2.24. The average Bonchev–Trinajstić information content (AvgIpc) is 2.69. The lowest BCUT2D eigenvalue weighted by molar-refractivity contribution is 0.517. The number of pyridine rings is 1. The first kappa shape index (κ1) is 10.7. The minimum atomic E-state index is -0.991. The third-order valence-corrected chi connectivity index (χ3v) is 3.26. The van der Waals surface area contributed by atoms with E-state index in [9.17, 15) is 8.78 Å². The predicted octanol–water partition coefficient (Wildman–Crippen LogP) is 4.10. The van der Waals surface area contributed by atoms with E-state index in [0.29, 0.717) is 11.2 Å². The van der Waals surface area contributed by atoms with Gasteiger partial charge in [-0.05, 0) is 6.07 Å². The molecule has 2 aromatic heterocycles. The van der Waals surface area contributed by atoms with Crippen molar-refractivity contribution < 1.29 is 8.78 Å². The maximum Gasteiger partial charge on any atom is 0.168 e. The van der Waals surface area contributed by atoms with Crippen molar-refractivity contribution in [1.82, 2.24) is 9.97 Å². The molecule has 1 N–H and O–H groups in total. The number of nitrogens with zero attached hydrogens (tertiary/aromatic N) is 1. The zero-order valence-electron chi connectivity index (χ0n) is 8.11. The molecule has 3 rings (SSSR count). The van der Waals surface area contributed by atoms with Crippen LogP contribution in [0.4, 0.5) is 8.78 Å². The molecule has 0 amide bonds. The van der Waals surface area contributed by atoms with Gasteiger partial charge < -0.3 is 4.98 Å². The highest BCUT2D eigenvalue weighted by Gasteiger charge is 2.17. The van der Waals surface area contributed by atoms with Gasteiger partial charge in [-0.25, -0.2) is 13.8 Å². The molecule has 0 fully saturated rings. The van der Waals surface area contributed by atoms with Gasteiger partial charge in [0.2, 0.25) is 0 Å². The summed E-state index contributed by atoms with van der Waals surface area (Å²) in [4.78, 5) is 6.77. The SMILES string of the molecule is Fc1c[c]c2[nH]c3ncc(Cl)c(Cl)c3c2c1F. The maximum atomic E-state index is 13.7. The Hall–Kier alpha value is -1.39. The molecule has 0 atom stereocenters. The molecule has 6 heteroatoms. The van der Waals surface area contributed by atoms with Crippen molar-refractivity contribution in [3.05, 3.63) is 40.0 Å². The third kappa shape index (κ3) is 1.41. The third-order valence-electron chi connectivity index (χ3n) is 2.49. The Bertz CT molecular complexity index is 690. The van der Waals surface area contributed by atoms with Gasteiger partial charge >= 0.3 is 0 Å². The number of aromatic nitrogens is 2. The number of hydrogen-bond acceptors (Lipinski definition) is 1. The first-order chi connectivity index (χ1) is 8.09. The van der Waals surface area contributed by atoms with Crippen molar-refractivity contribution >= 4 is 45.1 Å². The predicted molar refractivity (Wildman–Crippen MR) is 62.4 cm³/mol. The summed E-state index contributed by atoms with van der Waals surface area (Å²) in [5.41, 5.74) is 0.644. The number of benzene rings is 1. The standard InChI is InChI=1S/C11H3Cl2F2N2/c12-4-3-16-11-8(9(4)13)7-6(17-11)2-1-5(14)10(7)15/h1,3H,(H,16,17). The summed E-state index contributed by atoms with van der Waals surface area (Å²) in [6.45, 7) is 0. The molecule has 17 heavy (non-hydrogen) atoms. The van der Waals surface area contributed by atoms with Crippen LogP contribution in [0.25, 0.3) is 21.9 Å². The van der Waals surface area contributed by atoms with Crippen LogP contribution in [0.15, 0.2) is 12.3 Å². The molecule has 2 heterocycles. The highest BCUT2D eigenvalue weighted by molar-refractivity contribution is 6.46. The summed E-state index contributed by atoms with van der Waals surface area (Å²) in [5.74, 6) is -1.98. The van der Waals surface area contributed by atoms with Gasteiger partial charge in [0, 0.05) is 23.0 Å². The maximum absolute atomic E-state index is 13.7. The van der Waals surface area contributed by atoms with Gasteiger partial charge in [-0.15, -0.1) is 0 Å². The minimum Gasteiger partial charge on any atom is -0.339 e. The van der Waals surface area contributed by atoms with Crippen LogP contribution < -0.4 is 0 Å². The van der Waals surface area contributed by atoms with E-state index < -0.39 is 11.6 Å². The summed E-state index contributed by atoms with van der Waals surface area (Å²) in [6.07, 6.45) is 1.34. The monoisotopic (exact) mass is 271 g/mol. The Morgan fingerprint density at radius 2 is 2.00 bits per heavy atom. The topological polar surface area (TPSA) is 28.7 Å². The molecule has 1 radical (unpaired) electrons. The van der Waals surface area contributed by atoms with Gasteiger partial charge in [-0.2, -0.15) is 0 Å². The molecule has 0 bridgehead atoms. The molecule has 2 nitrogen and oxygen atoms in total. The van der Waals surface area contributed by atoms with E-state index in [0.717, 1.165) is 6.07 Å². The Morgan fingerprint density at radius 1 is 1.24 bits per heavy atom. The minimum absolute atomic E-state index is 0.0139. The van der Waals surface area contributed by atoms with Crippen LogP contribution >= 0.6 is 23.2 Å². The lowest BCUT2D eigenvalue weighted by Gasteiger charge is -1.98. The van der Waals surface area contributed by atoms with Crippen LogP contribution in [0.5, 0.6) is 0 Å². The lowest BCUT2D eigenvalue weighted by atomic mass is 10.2. The number of nitrogens with one attached hydrogen (secondary N) is 1. The van der Waals surface area contributed by atoms with E-state index in [2.05, 4.69) is 16.0 Å². The average molecular weight is 272 g/mol. The van der Waals surface area contributed by atoms with E-state index in [1.54, 1.807) is 0 Å². The van der Waals surface area contributed by atoms with E-state index in [1.807, 2.05) is 0 Å². The summed E-state index contributed by atoms with van der Waals surface area (Å²) >= 11 is 11.8. The zero-order valence-corrected chi connectivity index (χ0v) is 9.63.